The molecule has 6 nitrogen and oxygen atoms in total. The monoisotopic (exact) mass is 264 g/mol. The predicted octanol–water partition coefficient (Wildman–Crippen LogP) is 1.25. The number of nitrogens with zero attached hydrogens (tertiary/aromatic N) is 2. The Morgan fingerprint density at radius 1 is 1.37 bits per heavy atom. The van der Waals surface area contributed by atoms with E-state index in [1.165, 1.54) is 7.11 Å². The highest BCUT2D eigenvalue weighted by Gasteiger charge is 2.19. The molecule has 0 bridgehead atoms. The van der Waals surface area contributed by atoms with Gasteiger partial charge in [0.1, 0.15) is 5.82 Å². The van der Waals surface area contributed by atoms with E-state index < -0.39 is 5.97 Å². The molecule has 1 aliphatic carbocycles. The lowest BCUT2D eigenvalue weighted by atomic mass is 9.92. The number of nitrogens with two attached hydrogens (primary N) is 1. The average molecular weight is 264 g/mol. The molecule has 1 aromatic rings. The minimum absolute atomic E-state index is 0.0949. The molecular weight excluding hydrogens is 244 g/mol. The number of aromatic nitrogens is 2. The molecular formula is C13H20N4O2. The third-order valence-corrected chi connectivity index (χ3v) is 3.35. The number of nitrogens with one attached hydrogen (secondary N) is 1. The van der Waals surface area contributed by atoms with Crippen LogP contribution in [0.5, 0.6) is 0 Å². The van der Waals surface area contributed by atoms with E-state index >= 15 is 0 Å². The molecule has 0 atom stereocenters. The maximum absolute atomic E-state index is 11.5. The maximum Gasteiger partial charge on any atom is 0.376 e. The zero-order valence-corrected chi connectivity index (χ0v) is 11.3. The molecule has 19 heavy (non-hydrogen) atoms. The van der Waals surface area contributed by atoms with Crippen molar-refractivity contribution in [2.45, 2.75) is 44.7 Å². The van der Waals surface area contributed by atoms with Crippen LogP contribution in [0.2, 0.25) is 0 Å². The molecule has 0 saturated heterocycles. The Balaban J connectivity index is 2.07. The van der Waals surface area contributed by atoms with E-state index in [1.54, 1.807) is 0 Å². The van der Waals surface area contributed by atoms with Crippen LogP contribution < -0.4 is 11.1 Å². The van der Waals surface area contributed by atoms with Gasteiger partial charge in [0.25, 0.3) is 0 Å². The molecule has 0 unspecified atom stereocenters. The predicted molar refractivity (Wildman–Crippen MR) is 72.0 cm³/mol. The number of hydrogen-bond acceptors (Lipinski definition) is 6. The second-order valence-electron chi connectivity index (χ2n) is 4.97. The van der Waals surface area contributed by atoms with Gasteiger partial charge in [-0.3, -0.25) is 0 Å². The van der Waals surface area contributed by atoms with Crippen LogP contribution in [-0.4, -0.2) is 35.1 Å². The van der Waals surface area contributed by atoms with Crippen LogP contribution in [0.1, 0.15) is 42.0 Å². The number of ether oxygens (including phenoxy) is 1. The van der Waals surface area contributed by atoms with Crippen molar-refractivity contribution in [2.24, 2.45) is 5.73 Å². The van der Waals surface area contributed by atoms with Crippen LogP contribution in [0.3, 0.4) is 0 Å². The zero-order chi connectivity index (χ0) is 13.8. The van der Waals surface area contributed by atoms with E-state index in [2.05, 4.69) is 20.0 Å². The topological polar surface area (TPSA) is 90.1 Å². The fraction of sp³-hybridized carbons (Fsp3) is 0.615. The zero-order valence-electron chi connectivity index (χ0n) is 11.3. The molecule has 1 aliphatic rings. The molecule has 104 valence electrons. The molecule has 1 saturated carbocycles. The highest BCUT2D eigenvalue weighted by atomic mass is 16.5. The normalized spacial score (nSPS) is 22.9. The number of aryl methyl sites for hydroxylation is 1. The molecule has 6 heteroatoms. The summed E-state index contributed by atoms with van der Waals surface area (Å²) >= 11 is 0. The number of rotatable bonds is 3. The fourth-order valence-electron chi connectivity index (χ4n) is 2.30. The minimum atomic E-state index is -0.516. The van der Waals surface area contributed by atoms with E-state index in [0.717, 1.165) is 31.4 Å². The van der Waals surface area contributed by atoms with Gasteiger partial charge in [0.05, 0.1) is 7.11 Å². The molecule has 0 aromatic carbocycles. The third kappa shape index (κ3) is 3.64. The number of carbonyl (C=O) groups excluding carboxylic acids is 1. The van der Waals surface area contributed by atoms with Crippen LogP contribution in [0.15, 0.2) is 6.07 Å². The molecule has 1 aromatic heterocycles. The van der Waals surface area contributed by atoms with Crippen LogP contribution >= 0.6 is 0 Å². The largest absolute Gasteiger partial charge is 0.463 e. The first-order chi connectivity index (χ1) is 9.08. The summed E-state index contributed by atoms with van der Waals surface area (Å²) in [5.41, 5.74) is 6.62. The fourth-order valence-corrected chi connectivity index (χ4v) is 2.30. The standard InChI is InChI=1S/C13H20N4O2/c1-8-7-11(17-12(15-8)13(18)19-2)16-10-5-3-9(14)4-6-10/h7,9-10H,3-6,14H2,1-2H3,(H,15,16,17). The number of hydrogen-bond donors (Lipinski definition) is 2. The molecule has 0 spiro atoms. The van der Waals surface area contributed by atoms with E-state index in [-0.39, 0.29) is 5.82 Å². The van der Waals surface area contributed by atoms with E-state index in [4.69, 9.17) is 5.73 Å². The lowest BCUT2D eigenvalue weighted by Gasteiger charge is -2.27. The Bertz CT molecular complexity index is 456. The van der Waals surface area contributed by atoms with Crippen molar-refractivity contribution in [3.63, 3.8) is 0 Å². The van der Waals surface area contributed by atoms with Crippen LogP contribution in [-0.2, 0) is 4.74 Å². The molecule has 0 radical (unpaired) electrons. The molecule has 2 rings (SSSR count). The van der Waals surface area contributed by atoms with Crippen molar-refractivity contribution in [2.75, 3.05) is 12.4 Å². The highest BCUT2D eigenvalue weighted by Crippen LogP contribution is 2.20. The Labute approximate surface area is 112 Å². The number of carbonyl (C=O) groups is 1. The van der Waals surface area contributed by atoms with Crippen molar-refractivity contribution in [1.82, 2.24) is 9.97 Å². The summed E-state index contributed by atoms with van der Waals surface area (Å²) in [5, 5.41) is 3.35. The van der Waals surface area contributed by atoms with Gasteiger partial charge in [-0.1, -0.05) is 0 Å². The Morgan fingerprint density at radius 2 is 2.05 bits per heavy atom. The number of anilines is 1. The van der Waals surface area contributed by atoms with Gasteiger partial charge in [0, 0.05) is 23.8 Å². The SMILES string of the molecule is COC(=O)c1nc(C)cc(NC2CCC(N)CC2)n1. The molecule has 3 N–H and O–H groups in total. The van der Waals surface area contributed by atoms with Gasteiger partial charge in [-0.05, 0) is 32.6 Å². The van der Waals surface area contributed by atoms with Crippen molar-refractivity contribution in [3.05, 3.63) is 17.6 Å². The van der Waals surface area contributed by atoms with Crippen LogP contribution in [0.4, 0.5) is 5.82 Å². The molecule has 1 fully saturated rings. The molecule has 0 amide bonds. The van der Waals surface area contributed by atoms with Gasteiger partial charge in [-0.25, -0.2) is 14.8 Å². The summed E-state index contributed by atoms with van der Waals surface area (Å²) in [6, 6.07) is 2.51. The highest BCUT2D eigenvalue weighted by molar-refractivity contribution is 5.85. The minimum Gasteiger partial charge on any atom is -0.463 e. The third-order valence-electron chi connectivity index (χ3n) is 3.35. The second kappa shape index (κ2) is 5.97. The van der Waals surface area contributed by atoms with Gasteiger partial charge in [-0.2, -0.15) is 0 Å². The first kappa shape index (κ1) is 13.7. The van der Waals surface area contributed by atoms with E-state index in [0.29, 0.717) is 17.9 Å². The lowest BCUT2D eigenvalue weighted by molar-refractivity contribution is 0.0586. The summed E-state index contributed by atoms with van der Waals surface area (Å²) in [5.74, 6) is 0.253. The molecule has 1 heterocycles. The number of methoxy groups -OCH3 is 1. The average Bonchev–Trinajstić information content (AvgIpc) is 2.40. The Kier molecular flexibility index (Phi) is 4.31. The van der Waals surface area contributed by atoms with Gasteiger partial charge in [0.2, 0.25) is 5.82 Å². The van der Waals surface area contributed by atoms with Gasteiger partial charge >= 0.3 is 5.97 Å². The first-order valence-corrected chi connectivity index (χ1v) is 6.54. The summed E-state index contributed by atoms with van der Waals surface area (Å²) in [4.78, 5) is 19.7. The van der Waals surface area contributed by atoms with Crippen molar-refractivity contribution >= 4 is 11.8 Å². The van der Waals surface area contributed by atoms with Crippen LogP contribution in [0, 0.1) is 6.92 Å². The lowest BCUT2D eigenvalue weighted by Crippen LogP contribution is -2.33. The smallest absolute Gasteiger partial charge is 0.376 e. The second-order valence-corrected chi connectivity index (χ2v) is 4.97. The summed E-state index contributed by atoms with van der Waals surface area (Å²) < 4.78 is 4.64. The van der Waals surface area contributed by atoms with E-state index in [9.17, 15) is 4.79 Å². The Morgan fingerprint density at radius 3 is 2.68 bits per heavy atom. The van der Waals surface area contributed by atoms with Crippen molar-refractivity contribution < 1.29 is 9.53 Å². The number of esters is 1. The summed E-state index contributed by atoms with van der Waals surface area (Å²) in [7, 11) is 1.32. The first-order valence-electron chi connectivity index (χ1n) is 6.54. The quantitative estimate of drug-likeness (QED) is 0.799. The van der Waals surface area contributed by atoms with Gasteiger partial charge < -0.3 is 15.8 Å². The molecule has 0 aliphatic heterocycles. The van der Waals surface area contributed by atoms with Crippen LogP contribution in [0.25, 0.3) is 0 Å². The van der Waals surface area contributed by atoms with Gasteiger partial charge in [-0.15, -0.1) is 0 Å². The Hall–Kier alpha value is -1.69. The van der Waals surface area contributed by atoms with Crippen molar-refractivity contribution in [1.29, 1.82) is 0 Å². The summed E-state index contributed by atoms with van der Waals surface area (Å²) in [6.45, 7) is 1.83. The van der Waals surface area contributed by atoms with E-state index in [1.807, 2.05) is 13.0 Å². The van der Waals surface area contributed by atoms with Crippen molar-refractivity contribution in [3.8, 4) is 0 Å². The maximum atomic E-state index is 11.5. The summed E-state index contributed by atoms with van der Waals surface area (Å²) in [6.07, 6.45) is 4.09. The van der Waals surface area contributed by atoms with Gasteiger partial charge in [0.15, 0.2) is 0 Å².